The molecule has 1 aromatic carbocycles. The van der Waals surface area contributed by atoms with Gasteiger partial charge >= 0.3 is 0 Å². The number of benzene rings is 1. The molecule has 0 bridgehead atoms. The Hall–Kier alpha value is -1.39. The number of fused-ring (bicyclic) bond motifs is 1. The van der Waals surface area contributed by atoms with Crippen LogP contribution in [-0.4, -0.2) is 26.2 Å². The molecule has 0 spiro atoms. The predicted octanol–water partition coefficient (Wildman–Crippen LogP) is 1.53. The van der Waals surface area contributed by atoms with Crippen LogP contribution in [0.15, 0.2) is 12.1 Å². The van der Waals surface area contributed by atoms with E-state index in [-0.39, 0.29) is 11.9 Å². The van der Waals surface area contributed by atoms with Crippen molar-refractivity contribution >= 4 is 11.6 Å². The topological polar surface area (TPSA) is 50.4 Å². The zero-order valence-electron chi connectivity index (χ0n) is 10.5. The van der Waals surface area contributed by atoms with Crippen LogP contribution in [0.3, 0.4) is 0 Å². The van der Waals surface area contributed by atoms with Gasteiger partial charge in [-0.25, -0.2) is 0 Å². The summed E-state index contributed by atoms with van der Waals surface area (Å²) in [7, 11) is 1.65. The van der Waals surface area contributed by atoms with Gasteiger partial charge in [-0.3, -0.25) is 10.1 Å². The van der Waals surface area contributed by atoms with Crippen molar-refractivity contribution in [3.05, 3.63) is 28.8 Å². The molecule has 2 N–H and O–H groups in total. The Morgan fingerprint density at radius 2 is 2.06 bits per heavy atom. The van der Waals surface area contributed by atoms with Crippen molar-refractivity contribution in [1.29, 1.82) is 0 Å². The van der Waals surface area contributed by atoms with Crippen molar-refractivity contribution in [3.63, 3.8) is 0 Å². The van der Waals surface area contributed by atoms with Gasteiger partial charge in [0.15, 0.2) is 0 Å². The van der Waals surface area contributed by atoms with Gasteiger partial charge in [-0.05, 0) is 25.0 Å². The average Bonchev–Trinajstić information content (AvgIpc) is 2.63. The molecule has 1 aliphatic heterocycles. The molecule has 17 heavy (non-hydrogen) atoms. The van der Waals surface area contributed by atoms with Crippen LogP contribution in [0.5, 0.6) is 0 Å². The highest BCUT2D eigenvalue weighted by Crippen LogP contribution is 2.35. The number of carbonyl (C=O) groups excluding carboxylic acids is 1. The first-order valence-corrected chi connectivity index (χ1v) is 5.78. The van der Waals surface area contributed by atoms with Gasteiger partial charge in [0.1, 0.15) is 6.04 Å². The third-order valence-electron chi connectivity index (χ3n) is 3.13. The highest BCUT2D eigenvalue weighted by atomic mass is 16.5. The molecule has 1 heterocycles. The van der Waals surface area contributed by atoms with E-state index in [0.29, 0.717) is 13.2 Å². The quantitative estimate of drug-likeness (QED) is 0.777. The second-order valence-corrected chi connectivity index (χ2v) is 4.36. The summed E-state index contributed by atoms with van der Waals surface area (Å²) < 4.78 is 4.98. The first kappa shape index (κ1) is 12.1. The molecule has 1 aromatic rings. The normalized spacial score (nSPS) is 18.1. The van der Waals surface area contributed by atoms with Crippen LogP contribution in [0.25, 0.3) is 0 Å². The van der Waals surface area contributed by atoms with Crippen molar-refractivity contribution < 1.29 is 9.53 Å². The molecule has 1 atom stereocenters. The standard InChI is InChI=1S/C13H18N2O2/c1-8-4-5-9(2)11-10(8)12(13(16)15-11)14-6-7-17-3/h4-5,12,14H,6-7H2,1-3H3,(H,15,16). The Morgan fingerprint density at radius 3 is 2.76 bits per heavy atom. The molecule has 0 saturated heterocycles. The van der Waals surface area contributed by atoms with Crippen molar-refractivity contribution in [2.75, 3.05) is 25.6 Å². The molecule has 0 fully saturated rings. The summed E-state index contributed by atoms with van der Waals surface area (Å²) in [6, 6.07) is 3.84. The van der Waals surface area contributed by atoms with Gasteiger partial charge in [0.05, 0.1) is 6.61 Å². The third-order valence-corrected chi connectivity index (χ3v) is 3.13. The summed E-state index contributed by atoms with van der Waals surface area (Å²) in [4.78, 5) is 11.9. The van der Waals surface area contributed by atoms with Gasteiger partial charge in [0, 0.05) is 24.9 Å². The number of aryl methyl sites for hydroxylation is 2. The molecule has 1 aliphatic rings. The molecule has 0 radical (unpaired) electrons. The lowest BCUT2D eigenvalue weighted by Gasteiger charge is -2.13. The van der Waals surface area contributed by atoms with Gasteiger partial charge in [-0.15, -0.1) is 0 Å². The van der Waals surface area contributed by atoms with Crippen molar-refractivity contribution in [2.24, 2.45) is 0 Å². The Balaban J connectivity index is 2.26. The number of hydrogen-bond donors (Lipinski definition) is 2. The Morgan fingerprint density at radius 1 is 1.35 bits per heavy atom. The summed E-state index contributed by atoms with van der Waals surface area (Å²) in [6.07, 6.45) is 0. The first-order chi connectivity index (χ1) is 8.15. The van der Waals surface area contributed by atoms with E-state index in [0.717, 1.165) is 22.4 Å². The van der Waals surface area contributed by atoms with Gasteiger partial charge < -0.3 is 10.1 Å². The Bertz CT molecular complexity index is 443. The van der Waals surface area contributed by atoms with E-state index in [4.69, 9.17) is 4.74 Å². The number of amides is 1. The van der Waals surface area contributed by atoms with E-state index in [1.54, 1.807) is 7.11 Å². The smallest absolute Gasteiger partial charge is 0.246 e. The molecule has 0 aromatic heterocycles. The second kappa shape index (κ2) is 4.85. The van der Waals surface area contributed by atoms with Crippen LogP contribution < -0.4 is 10.6 Å². The SMILES string of the molecule is COCCNC1C(=O)Nc2c(C)ccc(C)c21. The highest BCUT2D eigenvalue weighted by Gasteiger charge is 2.32. The van der Waals surface area contributed by atoms with Gasteiger partial charge in [-0.2, -0.15) is 0 Å². The molecule has 0 aliphatic carbocycles. The Labute approximate surface area is 101 Å². The first-order valence-electron chi connectivity index (χ1n) is 5.78. The van der Waals surface area contributed by atoms with E-state index in [1.165, 1.54) is 0 Å². The molecular weight excluding hydrogens is 216 g/mol. The maximum absolute atomic E-state index is 11.9. The van der Waals surface area contributed by atoms with E-state index in [9.17, 15) is 4.79 Å². The number of ether oxygens (including phenoxy) is 1. The fraction of sp³-hybridized carbons (Fsp3) is 0.462. The number of rotatable bonds is 4. The molecular formula is C13H18N2O2. The van der Waals surface area contributed by atoms with Gasteiger partial charge in [0.2, 0.25) is 5.91 Å². The van der Waals surface area contributed by atoms with Crippen molar-refractivity contribution in [2.45, 2.75) is 19.9 Å². The molecule has 2 rings (SSSR count). The number of hydrogen-bond acceptors (Lipinski definition) is 3. The summed E-state index contributed by atoms with van der Waals surface area (Å²) in [5.74, 6) is 0.0218. The number of carbonyl (C=O) groups is 1. The van der Waals surface area contributed by atoms with E-state index < -0.39 is 0 Å². The molecule has 1 unspecified atom stereocenters. The summed E-state index contributed by atoms with van der Waals surface area (Å²) in [5.41, 5.74) is 4.28. The maximum atomic E-state index is 11.9. The van der Waals surface area contributed by atoms with Gasteiger partial charge in [-0.1, -0.05) is 12.1 Å². The molecule has 4 heteroatoms. The van der Waals surface area contributed by atoms with Crippen LogP contribution in [-0.2, 0) is 9.53 Å². The molecule has 1 amide bonds. The third kappa shape index (κ3) is 2.18. The minimum atomic E-state index is -0.250. The fourth-order valence-corrected chi connectivity index (χ4v) is 2.20. The lowest BCUT2D eigenvalue weighted by Crippen LogP contribution is -2.30. The highest BCUT2D eigenvalue weighted by molar-refractivity contribution is 6.03. The largest absolute Gasteiger partial charge is 0.383 e. The van der Waals surface area contributed by atoms with Crippen LogP contribution in [0.4, 0.5) is 5.69 Å². The number of methoxy groups -OCH3 is 1. The molecule has 0 saturated carbocycles. The number of anilines is 1. The van der Waals surface area contributed by atoms with Crippen LogP contribution in [0, 0.1) is 13.8 Å². The minimum Gasteiger partial charge on any atom is -0.383 e. The van der Waals surface area contributed by atoms with Crippen LogP contribution >= 0.6 is 0 Å². The Kier molecular flexibility index (Phi) is 3.45. The summed E-state index contributed by atoms with van der Waals surface area (Å²) >= 11 is 0. The second-order valence-electron chi connectivity index (χ2n) is 4.36. The van der Waals surface area contributed by atoms with Gasteiger partial charge in [0.25, 0.3) is 0 Å². The summed E-state index contributed by atoms with van der Waals surface area (Å²) in [5, 5.41) is 6.16. The van der Waals surface area contributed by atoms with E-state index in [1.807, 2.05) is 19.9 Å². The lowest BCUT2D eigenvalue weighted by atomic mass is 9.99. The maximum Gasteiger partial charge on any atom is 0.246 e. The average molecular weight is 234 g/mol. The monoisotopic (exact) mass is 234 g/mol. The van der Waals surface area contributed by atoms with E-state index >= 15 is 0 Å². The number of nitrogens with one attached hydrogen (secondary N) is 2. The lowest BCUT2D eigenvalue weighted by molar-refractivity contribution is -0.117. The van der Waals surface area contributed by atoms with Crippen molar-refractivity contribution in [3.8, 4) is 0 Å². The summed E-state index contributed by atoms with van der Waals surface area (Å²) in [6.45, 7) is 5.31. The van der Waals surface area contributed by atoms with Crippen molar-refractivity contribution in [1.82, 2.24) is 5.32 Å². The zero-order chi connectivity index (χ0) is 12.4. The van der Waals surface area contributed by atoms with Crippen LogP contribution in [0.1, 0.15) is 22.7 Å². The fourth-order valence-electron chi connectivity index (χ4n) is 2.20. The zero-order valence-corrected chi connectivity index (χ0v) is 10.5. The predicted molar refractivity (Wildman–Crippen MR) is 67.2 cm³/mol. The molecule has 4 nitrogen and oxygen atoms in total. The van der Waals surface area contributed by atoms with Crippen LogP contribution in [0.2, 0.25) is 0 Å². The molecule has 92 valence electrons. The minimum absolute atomic E-state index is 0.0218. The van der Waals surface area contributed by atoms with E-state index in [2.05, 4.69) is 16.7 Å².